The van der Waals surface area contributed by atoms with Crippen LogP contribution in [0.3, 0.4) is 0 Å². The molecule has 0 aromatic carbocycles. The minimum Gasteiger partial charge on any atom is -0.350 e. The maximum absolute atomic E-state index is 12.9. The van der Waals surface area contributed by atoms with Crippen molar-refractivity contribution in [2.24, 2.45) is 13.0 Å². The highest BCUT2D eigenvalue weighted by Gasteiger charge is 2.44. The van der Waals surface area contributed by atoms with E-state index in [1.54, 1.807) is 27.7 Å². The molecule has 1 aromatic rings. The largest absolute Gasteiger partial charge is 0.350 e. The van der Waals surface area contributed by atoms with Gasteiger partial charge in [-0.25, -0.2) is 0 Å². The lowest BCUT2D eigenvalue weighted by molar-refractivity contribution is -0.151. The smallest absolute Gasteiger partial charge is 0.228 e. The minimum atomic E-state index is -0.300. The van der Waals surface area contributed by atoms with E-state index in [4.69, 9.17) is 0 Å². The van der Waals surface area contributed by atoms with Crippen LogP contribution < -0.4 is 5.32 Å². The number of nitrogens with one attached hydrogen (secondary N) is 1. The van der Waals surface area contributed by atoms with E-state index in [0.717, 1.165) is 5.69 Å². The van der Waals surface area contributed by atoms with Crippen molar-refractivity contribution < 1.29 is 14.4 Å². The third kappa shape index (κ3) is 2.88. The fourth-order valence-corrected chi connectivity index (χ4v) is 3.65. The van der Waals surface area contributed by atoms with Crippen molar-refractivity contribution in [1.29, 1.82) is 0 Å². The first-order valence-electron chi connectivity index (χ1n) is 8.18. The van der Waals surface area contributed by atoms with E-state index in [-0.39, 0.29) is 35.7 Å². The van der Waals surface area contributed by atoms with Crippen LogP contribution in [0.1, 0.15) is 31.5 Å². The normalized spacial score (nSPS) is 24.7. The number of aryl methyl sites for hydroxylation is 1. The Morgan fingerprint density at radius 2 is 2.00 bits per heavy atom. The molecule has 130 valence electrons. The molecule has 0 radical (unpaired) electrons. The molecule has 0 spiro atoms. The predicted octanol–water partition coefficient (Wildman–Crippen LogP) is -0.323. The molecule has 0 unspecified atom stereocenters. The lowest BCUT2D eigenvalue weighted by Gasteiger charge is -2.45. The van der Waals surface area contributed by atoms with Gasteiger partial charge in [0.25, 0.3) is 0 Å². The molecule has 2 aliphatic rings. The first kappa shape index (κ1) is 16.5. The topological polar surface area (TPSA) is 87.5 Å². The van der Waals surface area contributed by atoms with E-state index in [2.05, 4.69) is 10.4 Å². The van der Waals surface area contributed by atoms with Crippen molar-refractivity contribution in [2.45, 2.75) is 31.8 Å². The fraction of sp³-hybridized carbons (Fsp3) is 0.625. The Morgan fingerprint density at radius 1 is 1.29 bits per heavy atom. The maximum atomic E-state index is 12.9. The summed E-state index contributed by atoms with van der Waals surface area (Å²) >= 11 is 0. The van der Waals surface area contributed by atoms with Gasteiger partial charge < -0.3 is 15.1 Å². The summed E-state index contributed by atoms with van der Waals surface area (Å²) < 4.78 is 1.72. The second kappa shape index (κ2) is 6.26. The van der Waals surface area contributed by atoms with Crippen LogP contribution in [0.25, 0.3) is 0 Å². The van der Waals surface area contributed by atoms with Crippen LogP contribution in [-0.4, -0.2) is 63.5 Å². The van der Waals surface area contributed by atoms with Crippen molar-refractivity contribution in [3.8, 4) is 0 Å². The Bertz CT molecular complexity index is 664. The van der Waals surface area contributed by atoms with Crippen LogP contribution in [0.15, 0.2) is 12.3 Å². The van der Waals surface area contributed by atoms with E-state index in [1.165, 1.54) is 6.92 Å². The van der Waals surface area contributed by atoms with E-state index in [1.807, 2.05) is 13.1 Å². The van der Waals surface area contributed by atoms with Gasteiger partial charge in [-0.15, -0.1) is 0 Å². The highest BCUT2D eigenvalue weighted by molar-refractivity contribution is 5.85. The van der Waals surface area contributed by atoms with Gasteiger partial charge in [-0.1, -0.05) is 0 Å². The first-order chi connectivity index (χ1) is 11.4. The van der Waals surface area contributed by atoms with E-state index in [9.17, 15) is 14.4 Å². The number of aromatic nitrogens is 2. The van der Waals surface area contributed by atoms with Crippen molar-refractivity contribution in [1.82, 2.24) is 24.9 Å². The summed E-state index contributed by atoms with van der Waals surface area (Å²) in [7, 11) is 3.57. The Kier molecular flexibility index (Phi) is 4.29. The molecule has 2 atom stereocenters. The number of hydrogen-bond donors (Lipinski definition) is 1. The fourth-order valence-electron chi connectivity index (χ4n) is 3.65. The van der Waals surface area contributed by atoms with Crippen molar-refractivity contribution in [3.63, 3.8) is 0 Å². The molecule has 3 heterocycles. The van der Waals surface area contributed by atoms with E-state index in [0.29, 0.717) is 25.9 Å². The molecule has 8 heteroatoms. The standard InChI is InChI=1S/C16H23N5O3/c1-10(22)18-11-8-21(9-11)16(24)12-4-5-14(23)19(2)15(12)13-6-7-17-20(13)3/h6-7,11-12,15H,4-5,8-9H2,1-3H3,(H,18,22)/t12-,15-/m0/s1. The monoisotopic (exact) mass is 333 g/mol. The van der Waals surface area contributed by atoms with Gasteiger partial charge in [0.05, 0.1) is 23.7 Å². The molecule has 8 nitrogen and oxygen atoms in total. The van der Waals surface area contributed by atoms with Gasteiger partial charge in [0, 0.05) is 46.7 Å². The average molecular weight is 333 g/mol. The molecule has 2 aliphatic heterocycles. The molecular formula is C16H23N5O3. The summed E-state index contributed by atoms with van der Waals surface area (Å²) in [4.78, 5) is 39.6. The zero-order valence-corrected chi connectivity index (χ0v) is 14.2. The zero-order chi connectivity index (χ0) is 17.4. The molecule has 3 rings (SSSR count). The van der Waals surface area contributed by atoms with Crippen LogP contribution in [0.2, 0.25) is 0 Å². The van der Waals surface area contributed by atoms with Crippen molar-refractivity contribution >= 4 is 17.7 Å². The van der Waals surface area contributed by atoms with Gasteiger partial charge in [-0.3, -0.25) is 19.1 Å². The Labute approximate surface area is 140 Å². The van der Waals surface area contributed by atoms with Crippen LogP contribution in [0.5, 0.6) is 0 Å². The molecule has 2 saturated heterocycles. The second-order valence-electron chi connectivity index (χ2n) is 6.61. The molecule has 0 aliphatic carbocycles. The predicted molar refractivity (Wildman–Crippen MR) is 85.6 cm³/mol. The molecular weight excluding hydrogens is 310 g/mol. The SMILES string of the molecule is CC(=O)NC1CN(C(=O)[C@H]2CCC(=O)N(C)[C@@H]2c2ccnn2C)C1. The molecule has 1 N–H and O–H groups in total. The third-order valence-electron chi connectivity index (χ3n) is 4.94. The van der Waals surface area contributed by atoms with Crippen molar-refractivity contribution in [3.05, 3.63) is 18.0 Å². The minimum absolute atomic E-state index is 0.0320. The second-order valence-corrected chi connectivity index (χ2v) is 6.61. The molecule has 24 heavy (non-hydrogen) atoms. The van der Waals surface area contributed by atoms with Crippen LogP contribution in [0.4, 0.5) is 0 Å². The number of carbonyl (C=O) groups is 3. The van der Waals surface area contributed by atoms with E-state index < -0.39 is 0 Å². The first-order valence-corrected chi connectivity index (χ1v) is 8.18. The summed E-state index contributed by atoms with van der Waals surface area (Å²) in [6, 6.07) is 1.59. The number of hydrogen-bond acceptors (Lipinski definition) is 4. The molecule has 1 aromatic heterocycles. The summed E-state index contributed by atoms with van der Waals surface area (Å²) in [5.74, 6) is -0.267. The maximum Gasteiger partial charge on any atom is 0.228 e. The average Bonchev–Trinajstić information content (AvgIpc) is 2.90. The number of nitrogens with zero attached hydrogens (tertiary/aromatic N) is 4. The lowest BCUT2D eigenvalue weighted by atomic mass is 9.85. The van der Waals surface area contributed by atoms with Gasteiger partial charge in [0.15, 0.2) is 0 Å². The molecule has 0 saturated carbocycles. The van der Waals surface area contributed by atoms with Gasteiger partial charge >= 0.3 is 0 Å². The lowest BCUT2D eigenvalue weighted by Crippen LogP contribution is -2.62. The van der Waals surface area contributed by atoms with Gasteiger partial charge in [-0.05, 0) is 12.5 Å². The number of piperidine rings is 1. The Hall–Kier alpha value is -2.38. The zero-order valence-electron chi connectivity index (χ0n) is 14.2. The Morgan fingerprint density at radius 3 is 2.58 bits per heavy atom. The van der Waals surface area contributed by atoms with E-state index >= 15 is 0 Å². The highest BCUT2D eigenvalue weighted by atomic mass is 16.2. The number of amides is 3. The third-order valence-corrected chi connectivity index (χ3v) is 4.94. The molecule has 3 amide bonds. The van der Waals surface area contributed by atoms with Crippen LogP contribution in [-0.2, 0) is 21.4 Å². The van der Waals surface area contributed by atoms with Gasteiger partial charge in [0.1, 0.15) is 0 Å². The van der Waals surface area contributed by atoms with Crippen LogP contribution >= 0.6 is 0 Å². The summed E-state index contributed by atoms with van der Waals surface area (Å²) in [6.45, 7) is 2.54. The number of carbonyl (C=O) groups excluding carboxylic acids is 3. The highest BCUT2D eigenvalue weighted by Crippen LogP contribution is 2.37. The molecule has 0 bridgehead atoms. The quantitative estimate of drug-likeness (QED) is 0.821. The molecule has 2 fully saturated rings. The summed E-state index contributed by atoms with van der Waals surface area (Å²) in [6.07, 6.45) is 2.60. The summed E-state index contributed by atoms with van der Waals surface area (Å²) in [5.41, 5.74) is 0.864. The van der Waals surface area contributed by atoms with Crippen LogP contribution in [0, 0.1) is 5.92 Å². The number of rotatable bonds is 3. The number of likely N-dealkylation sites (tertiary alicyclic amines) is 2. The van der Waals surface area contributed by atoms with Gasteiger partial charge in [-0.2, -0.15) is 5.10 Å². The Balaban J connectivity index is 1.75. The van der Waals surface area contributed by atoms with Crippen molar-refractivity contribution in [2.75, 3.05) is 20.1 Å². The van der Waals surface area contributed by atoms with Gasteiger partial charge in [0.2, 0.25) is 17.7 Å². The summed E-state index contributed by atoms with van der Waals surface area (Å²) in [5, 5.41) is 6.99.